The lowest BCUT2D eigenvalue weighted by Crippen LogP contribution is -2.50. The van der Waals surface area contributed by atoms with E-state index in [1.54, 1.807) is 7.11 Å². The van der Waals surface area contributed by atoms with E-state index >= 15 is 0 Å². The van der Waals surface area contributed by atoms with Crippen LogP contribution in [0.1, 0.15) is 20.8 Å². The average Bonchev–Trinajstić information content (AvgIpc) is 2.13. The van der Waals surface area contributed by atoms with Crippen LogP contribution in [0.5, 0.6) is 0 Å². The smallest absolute Gasteiger partial charge is 0.0589 e. The molecular formula is C11H26N2O2. The molecule has 0 rings (SSSR count). The number of aliphatic hydroxyl groups excluding tert-OH is 1. The zero-order chi connectivity index (χ0) is 11.9. The Labute approximate surface area is 93.4 Å². The van der Waals surface area contributed by atoms with Gasteiger partial charge in [-0.05, 0) is 5.41 Å². The molecule has 0 aliphatic rings. The van der Waals surface area contributed by atoms with E-state index in [9.17, 15) is 0 Å². The van der Waals surface area contributed by atoms with Crippen LogP contribution in [-0.2, 0) is 4.74 Å². The van der Waals surface area contributed by atoms with Crippen LogP contribution in [-0.4, -0.2) is 56.0 Å². The van der Waals surface area contributed by atoms with Gasteiger partial charge < -0.3 is 15.6 Å². The fraction of sp³-hybridized carbons (Fsp3) is 1.00. The average molecular weight is 218 g/mol. The predicted molar refractivity (Wildman–Crippen MR) is 62.8 cm³/mol. The molecule has 3 N–H and O–H groups in total. The molecule has 92 valence electrons. The van der Waals surface area contributed by atoms with Gasteiger partial charge in [0.2, 0.25) is 0 Å². The number of hydrogen-bond donors (Lipinski definition) is 2. The third kappa shape index (κ3) is 5.47. The lowest BCUT2D eigenvalue weighted by molar-refractivity contribution is 0.0577. The molecule has 0 aromatic carbocycles. The lowest BCUT2D eigenvalue weighted by Gasteiger charge is -2.39. The van der Waals surface area contributed by atoms with Crippen LogP contribution in [0.3, 0.4) is 0 Å². The second-order valence-electron chi connectivity index (χ2n) is 4.87. The Bertz CT molecular complexity index is 157. The van der Waals surface area contributed by atoms with Crippen molar-refractivity contribution in [3.8, 4) is 0 Å². The monoisotopic (exact) mass is 218 g/mol. The SMILES string of the molecule is COCCN(CCO)C(CN)C(C)(C)C. The van der Waals surface area contributed by atoms with E-state index in [1.807, 2.05) is 0 Å². The molecule has 0 saturated carbocycles. The van der Waals surface area contributed by atoms with E-state index in [-0.39, 0.29) is 18.1 Å². The van der Waals surface area contributed by atoms with Crippen molar-refractivity contribution in [2.75, 3.05) is 40.0 Å². The van der Waals surface area contributed by atoms with Crippen molar-refractivity contribution in [3.63, 3.8) is 0 Å². The summed E-state index contributed by atoms with van der Waals surface area (Å²) in [5.41, 5.74) is 5.92. The number of methoxy groups -OCH3 is 1. The summed E-state index contributed by atoms with van der Waals surface area (Å²) in [6.07, 6.45) is 0. The van der Waals surface area contributed by atoms with Crippen molar-refractivity contribution >= 4 is 0 Å². The van der Waals surface area contributed by atoms with E-state index in [2.05, 4.69) is 25.7 Å². The third-order valence-electron chi connectivity index (χ3n) is 2.63. The molecule has 0 aliphatic heterocycles. The summed E-state index contributed by atoms with van der Waals surface area (Å²) < 4.78 is 5.06. The third-order valence-corrected chi connectivity index (χ3v) is 2.63. The molecule has 0 bridgehead atoms. The highest BCUT2D eigenvalue weighted by molar-refractivity contribution is 4.83. The van der Waals surface area contributed by atoms with Gasteiger partial charge in [0, 0.05) is 32.8 Å². The molecule has 0 aliphatic carbocycles. The standard InChI is InChI=1S/C11H26N2O2/c1-11(2,3)10(9-12)13(5-7-14)6-8-15-4/h10,14H,5-9,12H2,1-4H3. The van der Waals surface area contributed by atoms with Crippen molar-refractivity contribution in [1.29, 1.82) is 0 Å². The van der Waals surface area contributed by atoms with Crippen LogP contribution >= 0.6 is 0 Å². The molecule has 0 heterocycles. The first-order valence-corrected chi connectivity index (χ1v) is 5.51. The quantitative estimate of drug-likeness (QED) is 0.645. The highest BCUT2D eigenvalue weighted by Crippen LogP contribution is 2.23. The van der Waals surface area contributed by atoms with Gasteiger partial charge in [-0.1, -0.05) is 20.8 Å². The van der Waals surface area contributed by atoms with E-state index in [1.165, 1.54) is 0 Å². The van der Waals surface area contributed by atoms with Gasteiger partial charge in [0.05, 0.1) is 13.2 Å². The largest absolute Gasteiger partial charge is 0.395 e. The highest BCUT2D eigenvalue weighted by atomic mass is 16.5. The molecule has 0 fully saturated rings. The Kier molecular flexibility index (Phi) is 7.09. The minimum atomic E-state index is 0.123. The van der Waals surface area contributed by atoms with Gasteiger partial charge in [0.1, 0.15) is 0 Å². The fourth-order valence-electron chi connectivity index (χ4n) is 1.81. The zero-order valence-corrected chi connectivity index (χ0v) is 10.5. The summed E-state index contributed by atoms with van der Waals surface area (Å²) in [6, 6.07) is 0.278. The van der Waals surface area contributed by atoms with E-state index < -0.39 is 0 Å². The Balaban J connectivity index is 4.40. The summed E-state index contributed by atoms with van der Waals surface area (Å²) in [6.45, 7) is 9.42. The van der Waals surface area contributed by atoms with E-state index in [0.29, 0.717) is 19.7 Å². The molecule has 4 nitrogen and oxygen atoms in total. The normalized spacial score (nSPS) is 14.6. The number of nitrogens with two attached hydrogens (primary N) is 1. The second-order valence-corrected chi connectivity index (χ2v) is 4.87. The Morgan fingerprint density at radius 1 is 1.33 bits per heavy atom. The molecule has 1 atom stereocenters. The van der Waals surface area contributed by atoms with Gasteiger partial charge in [0.15, 0.2) is 0 Å². The van der Waals surface area contributed by atoms with Gasteiger partial charge >= 0.3 is 0 Å². The minimum Gasteiger partial charge on any atom is -0.395 e. The first-order valence-electron chi connectivity index (χ1n) is 5.51. The maximum atomic E-state index is 9.02. The van der Waals surface area contributed by atoms with Gasteiger partial charge in [0.25, 0.3) is 0 Å². The predicted octanol–water partition coefficient (Wildman–Crippen LogP) is 0.301. The highest BCUT2D eigenvalue weighted by Gasteiger charge is 2.28. The summed E-state index contributed by atoms with van der Waals surface area (Å²) >= 11 is 0. The van der Waals surface area contributed by atoms with Crippen molar-refractivity contribution < 1.29 is 9.84 Å². The van der Waals surface area contributed by atoms with Gasteiger partial charge in [-0.25, -0.2) is 0 Å². The molecule has 0 aromatic rings. The van der Waals surface area contributed by atoms with Crippen molar-refractivity contribution in [3.05, 3.63) is 0 Å². The Hall–Kier alpha value is -0.160. The second kappa shape index (κ2) is 7.17. The first-order chi connectivity index (χ1) is 6.97. The summed E-state index contributed by atoms with van der Waals surface area (Å²) in [5.74, 6) is 0. The fourth-order valence-corrected chi connectivity index (χ4v) is 1.81. The number of rotatable bonds is 7. The maximum Gasteiger partial charge on any atom is 0.0589 e. The minimum absolute atomic E-state index is 0.123. The molecule has 0 amide bonds. The van der Waals surface area contributed by atoms with Crippen LogP contribution in [0, 0.1) is 5.41 Å². The molecular weight excluding hydrogens is 192 g/mol. The van der Waals surface area contributed by atoms with Crippen LogP contribution < -0.4 is 5.73 Å². The molecule has 0 aromatic heterocycles. The van der Waals surface area contributed by atoms with Crippen molar-refractivity contribution in [2.24, 2.45) is 11.1 Å². The lowest BCUT2D eigenvalue weighted by atomic mass is 9.85. The van der Waals surface area contributed by atoms with Crippen molar-refractivity contribution in [1.82, 2.24) is 4.90 Å². The van der Waals surface area contributed by atoms with E-state index in [4.69, 9.17) is 15.6 Å². The number of aliphatic hydroxyl groups is 1. The zero-order valence-electron chi connectivity index (χ0n) is 10.5. The van der Waals surface area contributed by atoms with Crippen molar-refractivity contribution in [2.45, 2.75) is 26.8 Å². The topological polar surface area (TPSA) is 58.7 Å². The summed E-state index contributed by atoms with van der Waals surface area (Å²) in [5, 5.41) is 9.02. The summed E-state index contributed by atoms with van der Waals surface area (Å²) in [7, 11) is 1.69. The van der Waals surface area contributed by atoms with Crippen LogP contribution in [0.25, 0.3) is 0 Å². The van der Waals surface area contributed by atoms with Gasteiger partial charge in [-0.2, -0.15) is 0 Å². The van der Waals surface area contributed by atoms with Gasteiger partial charge in [-0.15, -0.1) is 0 Å². The molecule has 0 spiro atoms. The Morgan fingerprint density at radius 2 is 1.93 bits per heavy atom. The first kappa shape index (κ1) is 14.8. The Morgan fingerprint density at radius 3 is 2.27 bits per heavy atom. The maximum absolute atomic E-state index is 9.02. The molecule has 1 unspecified atom stereocenters. The number of ether oxygens (including phenoxy) is 1. The van der Waals surface area contributed by atoms with Crippen LogP contribution in [0.4, 0.5) is 0 Å². The van der Waals surface area contributed by atoms with Gasteiger partial charge in [-0.3, -0.25) is 4.90 Å². The summed E-state index contributed by atoms with van der Waals surface area (Å²) in [4.78, 5) is 2.20. The number of nitrogens with zero attached hydrogens (tertiary/aromatic N) is 1. The molecule has 0 radical (unpaired) electrons. The molecule has 15 heavy (non-hydrogen) atoms. The van der Waals surface area contributed by atoms with E-state index in [0.717, 1.165) is 6.54 Å². The number of hydrogen-bond acceptors (Lipinski definition) is 4. The van der Waals surface area contributed by atoms with Crippen LogP contribution in [0.15, 0.2) is 0 Å². The molecule has 0 saturated heterocycles. The van der Waals surface area contributed by atoms with Crippen LogP contribution in [0.2, 0.25) is 0 Å². The molecule has 4 heteroatoms.